The van der Waals surface area contributed by atoms with Crippen molar-refractivity contribution >= 4 is 16.5 Å². The van der Waals surface area contributed by atoms with Gasteiger partial charge in [-0.3, -0.25) is 4.79 Å². The smallest absolute Gasteiger partial charge is 0.272 e. The van der Waals surface area contributed by atoms with Crippen LogP contribution in [0.1, 0.15) is 22.9 Å². The summed E-state index contributed by atoms with van der Waals surface area (Å²) in [6.07, 6.45) is 0.761. The molecule has 5 heteroatoms. The van der Waals surface area contributed by atoms with Gasteiger partial charge in [-0.2, -0.15) is 5.10 Å². The number of benzene rings is 2. The van der Waals surface area contributed by atoms with Crippen LogP contribution in [0, 0.1) is 0 Å². The molecule has 0 fully saturated rings. The van der Waals surface area contributed by atoms with Gasteiger partial charge in [-0.25, -0.2) is 5.10 Å². The van der Waals surface area contributed by atoms with Crippen molar-refractivity contribution in [2.45, 2.75) is 19.0 Å². The Bertz CT molecular complexity index is 931. The highest BCUT2D eigenvalue weighted by molar-refractivity contribution is 5.96. The second kappa shape index (κ2) is 5.76. The third-order valence-corrected chi connectivity index (χ3v) is 4.50. The summed E-state index contributed by atoms with van der Waals surface area (Å²) in [6.45, 7) is 0.934. The monoisotopic (exact) mass is 320 g/mol. The van der Waals surface area contributed by atoms with E-state index in [0.717, 1.165) is 29.7 Å². The van der Waals surface area contributed by atoms with E-state index in [1.807, 2.05) is 18.2 Å². The van der Waals surface area contributed by atoms with Gasteiger partial charge in [0.05, 0.1) is 17.1 Å². The van der Waals surface area contributed by atoms with E-state index in [2.05, 4.69) is 58.8 Å². The van der Waals surface area contributed by atoms with Gasteiger partial charge in [-0.05, 0) is 37.4 Å². The van der Waals surface area contributed by atoms with E-state index in [1.165, 1.54) is 11.1 Å². The van der Waals surface area contributed by atoms with Crippen molar-refractivity contribution in [3.63, 3.8) is 0 Å². The van der Waals surface area contributed by atoms with E-state index in [4.69, 9.17) is 0 Å². The summed E-state index contributed by atoms with van der Waals surface area (Å²) >= 11 is 0. The fraction of sp³-hybridized carbons (Fsp3) is 0.263. The van der Waals surface area contributed by atoms with Gasteiger partial charge in [0.2, 0.25) is 0 Å². The van der Waals surface area contributed by atoms with Gasteiger partial charge in [-0.15, -0.1) is 0 Å². The van der Waals surface area contributed by atoms with E-state index in [-0.39, 0.29) is 11.6 Å². The van der Waals surface area contributed by atoms with Crippen LogP contribution in [0.3, 0.4) is 0 Å². The molecule has 24 heavy (non-hydrogen) atoms. The topological polar surface area (TPSA) is 61.0 Å². The van der Waals surface area contributed by atoms with Gasteiger partial charge < -0.3 is 10.2 Å². The Balaban J connectivity index is 1.68. The van der Waals surface area contributed by atoms with Crippen molar-refractivity contribution in [1.82, 2.24) is 15.1 Å². The molecule has 4 rings (SSSR count). The summed E-state index contributed by atoms with van der Waals surface area (Å²) in [6, 6.07) is 14.6. The lowest BCUT2D eigenvalue weighted by Crippen LogP contribution is -2.22. The van der Waals surface area contributed by atoms with Crippen molar-refractivity contribution < 1.29 is 0 Å². The molecule has 5 nitrogen and oxygen atoms in total. The minimum absolute atomic E-state index is 0.135. The Morgan fingerprint density at radius 2 is 1.96 bits per heavy atom. The fourth-order valence-electron chi connectivity index (χ4n) is 3.41. The first kappa shape index (κ1) is 14.9. The zero-order valence-corrected chi connectivity index (χ0v) is 13.8. The summed E-state index contributed by atoms with van der Waals surface area (Å²) < 4.78 is 0. The average Bonchev–Trinajstić information content (AvgIpc) is 2.58. The number of anilines is 1. The van der Waals surface area contributed by atoms with Crippen LogP contribution in [0.2, 0.25) is 0 Å². The molecule has 1 unspecified atom stereocenters. The molecule has 2 N–H and O–H groups in total. The molecule has 2 aromatic carbocycles. The summed E-state index contributed by atoms with van der Waals surface area (Å²) in [5.74, 6) is 0. The number of aromatic amines is 1. The zero-order valence-electron chi connectivity index (χ0n) is 13.8. The summed E-state index contributed by atoms with van der Waals surface area (Å²) in [5.41, 5.74) is 4.32. The standard InChI is InChI=1S/C19H20N4O/c1-23(2)11-12-6-8-13(9-7-12)16-10-17-18-14(19(24)22-21-17)4-3-5-15(18)20-16/h3-9,16,20H,10-11H2,1-2H3,(H,22,24). The number of nitrogens with one attached hydrogen (secondary N) is 2. The van der Waals surface area contributed by atoms with Crippen molar-refractivity contribution in [3.8, 4) is 0 Å². The second-order valence-electron chi connectivity index (χ2n) is 6.61. The van der Waals surface area contributed by atoms with E-state index < -0.39 is 0 Å². The first-order chi connectivity index (χ1) is 11.6. The van der Waals surface area contributed by atoms with Crippen molar-refractivity contribution in [1.29, 1.82) is 0 Å². The minimum Gasteiger partial charge on any atom is -0.377 e. The quantitative estimate of drug-likeness (QED) is 0.779. The molecule has 0 saturated carbocycles. The largest absolute Gasteiger partial charge is 0.377 e. The van der Waals surface area contributed by atoms with E-state index in [0.29, 0.717) is 5.39 Å². The molecule has 1 aliphatic heterocycles. The van der Waals surface area contributed by atoms with Crippen LogP contribution < -0.4 is 10.9 Å². The van der Waals surface area contributed by atoms with Gasteiger partial charge in [-0.1, -0.05) is 30.3 Å². The van der Waals surface area contributed by atoms with Crippen LogP contribution in [-0.2, 0) is 13.0 Å². The molecule has 0 spiro atoms. The van der Waals surface area contributed by atoms with Gasteiger partial charge in [0, 0.05) is 24.0 Å². The highest BCUT2D eigenvalue weighted by Crippen LogP contribution is 2.35. The predicted octanol–water partition coefficient (Wildman–Crippen LogP) is 2.69. The summed E-state index contributed by atoms with van der Waals surface area (Å²) in [4.78, 5) is 14.1. The number of nitrogens with zero attached hydrogens (tertiary/aromatic N) is 2. The normalized spacial score (nSPS) is 16.4. The van der Waals surface area contributed by atoms with E-state index >= 15 is 0 Å². The van der Waals surface area contributed by atoms with Crippen LogP contribution in [0.4, 0.5) is 5.69 Å². The first-order valence-corrected chi connectivity index (χ1v) is 8.12. The maximum absolute atomic E-state index is 12.0. The minimum atomic E-state index is -0.135. The van der Waals surface area contributed by atoms with Crippen LogP contribution in [0.15, 0.2) is 47.3 Å². The molecular weight excluding hydrogens is 300 g/mol. The molecule has 0 radical (unpaired) electrons. The van der Waals surface area contributed by atoms with Gasteiger partial charge in [0.25, 0.3) is 5.56 Å². The van der Waals surface area contributed by atoms with Gasteiger partial charge in [0.15, 0.2) is 0 Å². The molecule has 122 valence electrons. The SMILES string of the molecule is CN(C)Cc1ccc(C2Cc3n[nH]c(=O)c4cccc(c34)N2)cc1. The lowest BCUT2D eigenvalue weighted by atomic mass is 9.93. The number of rotatable bonds is 3. The first-order valence-electron chi connectivity index (χ1n) is 8.12. The molecule has 2 heterocycles. The van der Waals surface area contributed by atoms with Crippen molar-refractivity contribution in [2.75, 3.05) is 19.4 Å². The lowest BCUT2D eigenvalue weighted by molar-refractivity contribution is 0.402. The highest BCUT2D eigenvalue weighted by atomic mass is 16.1. The molecule has 0 aliphatic carbocycles. The summed E-state index contributed by atoms with van der Waals surface area (Å²) in [5, 5.41) is 12.1. The Morgan fingerprint density at radius 1 is 1.17 bits per heavy atom. The molecule has 1 aliphatic rings. The number of hydrogen-bond donors (Lipinski definition) is 2. The van der Waals surface area contributed by atoms with Crippen molar-refractivity contribution in [2.24, 2.45) is 0 Å². The second-order valence-corrected chi connectivity index (χ2v) is 6.61. The van der Waals surface area contributed by atoms with Gasteiger partial charge in [0.1, 0.15) is 0 Å². The number of aromatic nitrogens is 2. The molecule has 0 saturated heterocycles. The Labute approximate surface area is 140 Å². The Morgan fingerprint density at radius 3 is 2.71 bits per heavy atom. The highest BCUT2D eigenvalue weighted by Gasteiger charge is 2.23. The predicted molar refractivity (Wildman–Crippen MR) is 96.3 cm³/mol. The van der Waals surface area contributed by atoms with Gasteiger partial charge >= 0.3 is 0 Å². The number of H-pyrrole nitrogens is 1. The maximum atomic E-state index is 12.0. The lowest BCUT2D eigenvalue weighted by Gasteiger charge is -2.27. The van der Waals surface area contributed by atoms with Crippen LogP contribution in [-0.4, -0.2) is 29.2 Å². The van der Waals surface area contributed by atoms with Crippen LogP contribution in [0.5, 0.6) is 0 Å². The molecule has 3 aromatic rings. The fourth-order valence-corrected chi connectivity index (χ4v) is 3.41. The molecule has 0 bridgehead atoms. The Hall–Kier alpha value is -2.66. The summed E-state index contributed by atoms with van der Waals surface area (Å²) in [7, 11) is 4.14. The molecular formula is C19H20N4O. The van der Waals surface area contributed by atoms with Crippen LogP contribution in [0.25, 0.3) is 10.8 Å². The third kappa shape index (κ3) is 2.57. The molecule has 1 atom stereocenters. The van der Waals surface area contributed by atoms with E-state index in [1.54, 1.807) is 0 Å². The van der Waals surface area contributed by atoms with Crippen molar-refractivity contribution in [3.05, 3.63) is 69.6 Å². The average molecular weight is 320 g/mol. The van der Waals surface area contributed by atoms with E-state index in [9.17, 15) is 4.79 Å². The molecule has 1 aromatic heterocycles. The maximum Gasteiger partial charge on any atom is 0.272 e. The van der Waals surface area contributed by atoms with Crippen LogP contribution >= 0.6 is 0 Å². The third-order valence-electron chi connectivity index (χ3n) is 4.50. The molecule has 0 amide bonds. The zero-order chi connectivity index (χ0) is 16.7. The Kier molecular flexibility index (Phi) is 3.58. The number of hydrogen-bond acceptors (Lipinski definition) is 4.